The Balaban J connectivity index is 1.17. The highest BCUT2D eigenvalue weighted by molar-refractivity contribution is 5.76. The second kappa shape index (κ2) is 5.72. The van der Waals surface area contributed by atoms with Crippen molar-refractivity contribution < 1.29 is 4.79 Å². The van der Waals surface area contributed by atoms with Crippen LogP contribution in [0.2, 0.25) is 0 Å². The van der Waals surface area contributed by atoms with Gasteiger partial charge in [-0.1, -0.05) is 24.3 Å². The minimum Gasteiger partial charge on any atom is -0.352 e. The van der Waals surface area contributed by atoms with Crippen molar-refractivity contribution in [1.82, 2.24) is 20.2 Å². The maximum atomic E-state index is 12.6. The van der Waals surface area contributed by atoms with Crippen LogP contribution in [0, 0.1) is 5.92 Å². The third-order valence-electron chi connectivity index (χ3n) is 5.77. The van der Waals surface area contributed by atoms with E-state index in [-0.39, 0.29) is 6.03 Å². The van der Waals surface area contributed by atoms with Crippen LogP contribution >= 0.6 is 0 Å². The zero-order valence-electron chi connectivity index (χ0n) is 14.0. The van der Waals surface area contributed by atoms with Gasteiger partial charge in [-0.05, 0) is 23.5 Å². The Morgan fingerprint density at radius 1 is 1.12 bits per heavy atom. The molecule has 0 spiro atoms. The smallest absolute Gasteiger partial charge is 0.317 e. The number of carbonyl (C=O) groups excluding carboxylic acids is 1. The summed E-state index contributed by atoms with van der Waals surface area (Å²) in [6, 6.07) is 9.03. The van der Waals surface area contributed by atoms with Crippen molar-refractivity contribution in [2.75, 3.05) is 31.1 Å². The fourth-order valence-electron chi connectivity index (χ4n) is 4.37. The van der Waals surface area contributed by atoms with Crippen LogP contribution in [0.3, 0.4) is 0 Å². The second-order valence-electron chi connectivity index (χ2n) is 7.11. The van der Waals surface area contributed by atoms with E-state index in [2.05, 4.69) is 44.5 Å². The number of piperazine rings is 1. The van der Waals surface area contributed by atoms with E-state index in [1.807, 2.05) is 4.90 Å². The summed E-state index contributed by atoms with van der Waals surface area (Å²) in [7, 11) is 0. The number of rotatable bonds is 2. The summed E-state index contributed by atoms with van der Waals surface area (Å²) in [5, 5.41) is 3.26. The molecule has 0 unspecified atom stereocenters. The van der Waals surface area contributed by atoms with Gasteiger partial charge in [0, 0.05) is 50.5 Å². The maximum absolute atomic E-state index is 12.6. The Hall–Kier alpha value is -2.63. The van der Waals surface area contributed by atoms with Gasteiger partial charge < -0.3 is 15.1 Å². The number of nitrogens with one attached hydrogen (secondary N) is 1. The van der Waals surface area contributed by atoms with Crippen molar-refractivity contribution in [3.63, 3.8) is 0 Å². The quantitative estimate of drug-likeness (QED) is 0.906. The number of aromatic nitrogens is 2. The highest BCUT2D eigenvalue weighted by Crippen LogP contribution is 2.56. The zero-order valence-corrected chi connectivity index (χ0v) is 14.0. The topological polar surface area (TPSA) is 61.4 Å². The molecule has 2 aliphatic carbocycles. The third-order valence-corrected chi connectivity index (χ3v) is 5.77. The molecule has 3 atom stereocenters. The zero-order chi connectivity index (χ0) is 16.8. The predicted molar refractivity (Wildman–Crippen MR) is 94.5 cm³/mol. The number of amides is 2. The van der Waals surface area contributed by atoms with Crippen molar-refractivity contribution in [2.45, 2.75) is 18.4 Å². The summed E-state index contributed by atoms with van der Waals surface area (Å²) >= 11 is 0. The first-order chi connectivity index (χ1) is 12.3. The van der Waals surface area contributed by atoms with Crippen molar-refractivity contribution >= 4 is 11.8 Å². The minimum atomic E-state index is 0.0793. The molecule has 1 aromatic heterocycles. The standard InChI is InChI=1S/C19H21N5O/c25-19(22-18-15-11-13-3-1-2-4-14(13)17(15)18)24-9-7-23(8-10-24)16-12-20-5-6-21-16/h1-6,12,15,17-18H,7-11H2,(H,22,25)/t15-,17+,18+/m0/s1. The minimum absolute atomic E-state index is 0.0793. The Morgan fingerprint density at radius 2 is 1.96 bits per heavy atom. The Kier molecular flexibility index (Phi) is 3.36. The molecule has 6 nitrogen and oxygen atoms in total. The molecule has 6 heteroatoms. The van der Waals surface area contributed by atoms with Gasteiger partial charge in [0.05, 0.1) is 6.20 Å². The molecule has 1 N–H and O–H groups in total. The van der Waals surface area contributed by atoms with E-state index in [0.29, 0.717) is 17.9 Å². The molecule has 0 bridgehead atoms. The molecule has 1 aliphatic heterocycles. The van der Waals surface area contributed by atoms with Gasteiger partial charge in [0.1, 0.15) is 5.82 Å². The summed E-state index contributed by atoms with van der Waals surface area (Å²) in [5.74, 6) is 2.01. The monoisotopic (exact) mass is 335 g/mol. The van der Waals surface area contributed by atoms with Crippen LogP contribution in [-0.4, -0.2) is 53.1 Å². The van der Waals surface area contributed by atoms with Gasteiger partial charge >= 0.3 is 6.03 Å². The van der Waals surface area contributed by atoms with Gasteiger partial charge in [0.2, 0.25) is 0 Å². The van der Waals surface area contributed by atoms with E-state index in [1.165, 1.54) is 11.1 Å². The molecule has 1 aromatic carbocycles. The largest absolute Gasteiger partial charge is 0.352 e. The first-order valence-corrected chi connectivity index (χ1v) is 8.95. The van der Waals surface area contributed by atoms with Crippen molar-refractivity contribution in [3.8, 4) is 0 Å². The number of fused-ring (bicyclic) bond motifs is 3. The fourth-order valence-corrected chi connectivity index (χ4v) is 4.37. The van der Waals surface area contributed by atoms with Crippen LogP contribution in [0.5, 0.6) is 0 Å². The van der Waals surface area contributed by atoms with Crippen molar-refractivity contribution in [1.29, 1.82) is 0 Å². The molecule has 2 heterocycles. The SMILES string of the molecule is O=C(N[C@@H]1[C@H]2Cc3ccccc3[C@H]21)N1CCN(c2cnccn2)CC1. The van der Waals surface area contributed by atoms with E-state index in [4.69, 9.17) is 0 Å². The molecule has 3 aliphatic rings. The lowest BCUT2D eigenvalue weighted by Crippen LogP contribution is -2.52. The van der Waals surface area contributed by atoms with Gasteiger partial charge in [0.15, 0.2) is 0 Å². The lowest BCUT2D eigenvalue weighted by molar-refractivity contribution is 0.193. The average molecular weight is 335 g/mol. The molecule has 25 heavy (non-hydrogen) atoms. The van der Waals surface area contributed by atoms with Crippen molar-refractivity contribution in [3.05, 3.63) is 54.0 Å². The molecule has 1 saturated heterocycles. The van der Waals surface area contributed by atoms with E-state index in [0.717, 1.165) is 38.4 Å². The second-order valence-corrected chi connectivity index (χ2v) is 7.11. The average Bonchev–Trinajstić information content (AvgIpc) is 3.18. The van der Waals surface area contributed by atoms with E-state index in [1.54, 1.807) is 18.6 Å². The number of anilines is 1. The number of hydrogen-bond acceptors (Lipinski definition) is 4. The molecule has 2 fully saturated rings. The summed E-state index contributed by atoms with van der Waals surface area (Å²) in [6.07, 6.45) is 6.26. The van der Waals surface area contributed by atoms with Crippen LogP contribution in [0.1, 0.15) is 17.0 Å². The highest BCUT2D eigenvalue weighted by atomic mass is 16.2. The fraction of sp³-hybridized carbons (Fsp3) is 0.421. The van der Waals surface area contributed by atoms with Crippen LogP contribution in [0.25, 0.3) is 0 Å². The summed E-state index contributed by atoms with van der Waals surface area (Å²) in [6.45, 7) is 3.04. The molecule has 0 radical (unpaired) electrons. The molecule has 1 saturated carbocycles. The summed E-state index contributed by atoms with van der Waals surface area (Å²) in [5.41, 5.74) is 2.89. The Bertz CT molecular complexity index is 787. The van der Waals surface area contributed by atoms with Gasteiger partial charge in [0.25, 0.3) is 0 Å². The van der Waals surface area contributed by atoms with E-state index < -0.39 is 0 Å². The highest BCUT2D eigenvalue weighted by Gasteiger charge is 2.56. The predicted octanol–water partition coefficient (Wildman–Crippen LogP) is 1.65. The van der Waals surface area contributed by atoms with Crippen LogP contribution in [-0.2, 0) is 6.42 Å². The van der Waals surface area contributed by atoms with Gasteiger partial charge in [-0.15, -0.1) is 0 Å². The molecule has 2 aromatic rings. The number of hydrogen-bond donors (Lipinski definition) is 1. The molecule has 2 amide bonds. The lowest BCUT2D eigenvalue weighted by Gasteiger charge is -2.35. The first kappa shape index (κ1) is 14.7. The molecule has 128 valence electrons. The van der Waals surface area contributed by atoms with Gasteiger partial charge in [-0.25, -0.2) is 9.78 Å². The number of nitrogens with zero attached hydrogens (tertiary/aromatic N) is 4. The molecular formula is C19H21N5O. The van der Waals surface area contributed by atoms with E-state index in [9.17, 15) is 4.79 Å². The summed E-state index contributed by atoms with van der Waals surface area (Å²) < 4.78 is 0. The number of urea groups is 1. The number of carbonyl (C=O) groups is 1. The molecular weight excluding hydrogens is 314 g/mol. The van der Waals surface area contributed by atoms with Crippen molar-refractivity contribution in [2.24, 2.45) is 5.92 Å². The summed E-state index contributed by atoms with van der Waals surface area (Å²) in [4.78, 5) is 25.2. The first-order valence-electron chi connectivity index (χ1n) is 8.95. The normalized spacial score (nSPS) is 26.8. The molecule has 5 rings (SSSR count). The number of benzene rings is 1. The maximum Gasteiger partial charge on any atom is 0.317 e. The van der Waals surface area contributed by atoms with Crippen LogP contribution in [0.4, 0.5) is 10.6 Å². The third kappa shape index (κ3) is 2.52. The van der Waals surface area contributed by atoms with Crippen LogP contribution < -0.4 is 10.2 Å². The Morgan fingerprint density at radius 3 is 2.76 bits per heavy atom. The van der Waals surface area contributed by atoms with Gasteiger partial charge in [-0.3, -0.25) is 4.98 Å². The van der Waals surface area contributed by atoms with Crippen LogP contribution in [0.15, 0.2) is 42.9 Å². The lowest BCUT2D eigenvalue weighted by atomic mass is 10.1. The van der Waals surface area contributed by atoms with E-state index >= 15 is 0 Å². The Labute approximate surface area is 146 Å². The van der Waals surface area contributed by atoms with Gasteiger partial charge in [-0.2, -0.15) is 0 Å².